The SMILES string of the molecule is CC(C)(C)CC(=O)Nc1cc2c(cc1Cl)OCCO2. The zero-order valence-corrected chi connectivity index (χ0v) is 12.1. The normalized spacial score (nSPS) is 14.1. The van der Waals surface area contributed by atoms with Crippen molar-refractivity contribution in [3.63, 3.8) is 0 Å². The van der Waals surface area contributed by atoms with Crippen LogP contribution in [0.25, 0.3) is 0 Å². The highest BCUT2D eigenvalue weighted by atomic mass is 35.5. The lowest BCUT2D eigenvalue weighted by atomic mass is 9.92. The van der Waals surface area contributed by atoms with E-state index in [2.05, 4.69) is 5.32 Å². The molecule has 0 radical (unpaired) electrons. The molecule has 0 bridgehead atoms. The van der Waals surface area contributed by atoms with Gasteiger partial charge >= 0.3 is 0 Å². The smallest absolute Gasteiger partial charge is 0.224 e. The predicted molar refractivity (Wildman–Crippen MR) is 75.1 cm³/mol. The summed E-state index contributed by atoms with van der Waals surface area (Å²) in [6, 6.07) is 3.38. The molecule has 0 fully saturated rings. The summed E-state index contributed by atoms with van der Waals surface area (Å²) in [6.07, 6.45) is 0.428. The molecule has 5 heteroatoms. The van der Waals surface area contributed by atoms with Gasteiger partial charge in [-0.1, -0.05) is 32.4 Å². The van der Waals surface area contributed by atoms with Crippen molar-refractivity contribution < 1.29 is 14.3 Å². The molecule has 0 saturated carbocycles. The predicted octanol–water partition coefficient (Wildman–Crippen LogP) is 3.49. The van der Waals surface area contributed by atoms with Crippen molar-refractivity contribution in [3.8, 4) is 11.5 Å². The molecule has 104 valence electrons. The molecule has 1 aliphatic rings. The number of hydrogen-bond acceptors (Lipinski definition) is 3. The molecule has 1 N–H and O–H groups in total. The second kappa shape index (κ2) is 5.29. The summed E-state index contributed by atoms with van der Waals surface area (Å²) < 4.78 is 10.9. The van der Waals surface area contributed by atoms with Crippen LogP contribution in [0.2, 0.25) is 5.02 Å². The fourth-order valence-electron chi connectivity index (χ4n) is 1.84. The van der Waals surface area contributed by atoms with Crippen molar-refractivity contribution in [2.75, 3.05) is 18.5 Å². The van der Waals surface area contributed by atoms with Crippen LogP contribution in [0.4, 0.5) is 5.69 Å². The van der Waals surface area contributed by atoms with Gasteiger partial charge in [0.2, 0.25) is 5.91 Å². The van der Waals surface area contributed by atoms with Crippen LogP contribution < -0.4 is 14.8 Å². The summed E-state index contributed by atoms with van der Waals surface area (Å²) in [4.78, 5) is 11.9. The Morgan fingerprint density at radius 3 is 2.42 bits per heavy atom. The summed E-state index contributed by atoms with van der Waals surface area (Å²) >= 11 is 6.13. The molecule has 1 heterocycles. The lowest BCUT2D eigenvalue weighted by molar-refractivity contribution is -0.117. The van der Waals surface area contributed by atoms with Gasteiger partial charge in [0.25, 0.3) is 0 Å². The first-order chi connectivity index (χ1) is 8.85. The van der Waals surface area contributed by atoms with Crippen LogP contribution in [0, 0.1) is 5.41 Å². The minimum absolute atomic E-state index is 0.0638. The number of amides is 1. The third-order valence-corrected chi connectivity index (χ3v) is 2.91. The minimum atomic E-state index is -0.0651. The number of carbonyl (C=O) groups excluding carboxylic acids is 1. The van der Waals surface area contributed by atoms with Crippen LogP contribution >= 0.6 is 11.6 Å². The van der Waals surface area contributed by atoms with Gasteiger partial charge in [-0.25, -0.2) is 0 Å². The van der Waals surface area contributed by atoms with Gasteiger partial charge in [0, 0.05) is 18.6 Å². The van der Waals surface area contributed by atoms with E-state index in [4.69, 9.17) is 21.1 Å². The van der Waals surface area contributed by atoms with Crippen molar-refractivity contribution in [2.24, 2.45) is 5.41 Å². The summed E-state index contributed by atoms with van der Waals surface area (Å²) in [6.45, 7) is 7.05. The highest BCUT2D eigenvalue weighted by Crippen LogP contribution is 2.38. The maximum Gasteiger partial charge on any atom is 0.224 e. The van der Waals surface area contributed by atoms with E-state index in [0.717, 1.165) is 0 Å². The number of rotatable bonds is 2. The van der Waals surface area contributed by atoms with Crippen molar-refractivity contribution in [3.05, 3.63) is 17.2 Å². The first-order valence-corrected chi connectivity index (χ1v) is 6.62. The van der Waals surface area contributed by atoms with E-state index in [1.54, 1.807) is 12.1 Å². The Kier molecular flexibility index (Phi) is 3.90. The lowest BCUT2D eigenvalue weighted by Crippen LogP contribution is -2.20. The second-order valence-electron chi connectivity index (χ2n) is 5.76. The summed E-state index contributed by atoms with van der Waals surface area (Å²) in [5, 5.41) is 3.26. The second-order valence-corrected chi connectivity index (χ2v) is 6.17. The quantitative estimate of drug-likeness (QED) is 0.904. The van der Waals surface area contributed by atoms with Gasteiger partial charge in [0.1, 0.15) is 13.2 Å². The molecule has 19 heavy (non-hydrogen) atoms. The standard InChI is InChI=1S/C14H18ClNO3/c1-14(2,3)8-13(17)16-10-7-12-11(6-9(10)15)18-4-5-19-12/h6-7H,4-5,8H2,1-3H3,(H,16,17). The number of ether oxygens (including phenoxy) is 2. The van der Waals surface area contributed by atoms with E-state index in [-0.39, 0.29) is 11.3 Å². The van der Waals surface area contributed by atoms with Gasteiger partial charge in [-0.2, -0.15) is 0 Å². The first kappa shape index (κ1) is 14.0. The van der Waals surface area contributed by atoms with Gasteiger partial charge in [-0.15, -0.1) is 0 Å². The topological polar surface area (TPSA) is 47.6 Å². The molecular weight excluding hydrogens is 266 g/mol. The van der Waals surface area contributed by atoms with Gasteiger partial charge in [-0.3, -0.25) is 4.79 Å². The number of hydrogen-bond donors (Lipinski definition) is 1. The first-order valence-electron chi connectivity index (χ1n) is 6.24. The van der Waals surface area contributed by atoms with E-state index >= 15 is 0 Å². The monoisotopic (exact) mass is 283 g/mol. The van der Waals surface area contributed by atoms with E-state index < -0.39 is 0 Å². The van der Waals surface area contributed by atoms with Crippen LogP contribution in [0.3, 0.4) is 0 Å². The molecule has 0 aliphatic carbocycles. The highest BCUT2D eigenvalue weighted by molar-refractivity contribution is 6.34. The van der Waals surface area contributed by atoms with Crippen molar-refractivity contribution in [1.82, 2.24) is 0 Å². The Labute approximate surface area is 118 Å². The number of carbonyl (C=O) groups is 1. The molecule has 1 aromatic rings. The molecule has 4 nitrogen and oxygen atoms in total. The Bertz CT molecular complexity index is 494. The van der Waals surface area contributed by atoms with E-state index in [9.17, 15) is 4.79 Å². The fourth-order valence-corrected chi connectivity index (χ4v) is 2.04. The molecule has 0 aromatic heterocycles. The van der Waals surface area contributed by atoms with Gasteiger partial charge in [-0.05, 0) is 5.41 Å². The largest absolute Gasteiger partial charge is 0.486 e. The van der Waals surface area contributed by atoms with Crippen LogP contribution in [0.5, 0.6) is 11.5 Å². The zero-order valence-electron chi connectivity index (χ0n) is 11.4. The van der Waals surface area contributed by atoms with Crippen molar-refractivity contribution in [2.45, 2.75) is 27.2 Å². The van der Waals surface area contributed by atoms with Gasteiger partial charge < -0.3 is 14.8 Å². The van der Waals surface area contributed by atoms with Gasteiger partial charge in [0.05, 0.1) is 10.7 Å². The molecule has 0 atom stereocenters. The number of anilines is 1. The average Bonchev–Trinajstić information content (AvgIpc) is 2.27. The molecular formula is C14H18ClNO3. The molecule has 0 unspecified atom stereocenters. The van der Waals surface area contributed by atoms with Crippen molar-refractivity contribution >= 4 is 23.2 Å². The molecule has 1 amide bonds. The van der Waals surface area contributed by atoms with E-state index in [0.29, 0.717) is 41.8 Å². The zero-order chi connectivity index (χ0) is 14.0. The maximum atomic E-state index is 11.9. The summed E-state index contributed by atoms with van der Waals surface area (Å²) in [7, 11) is 0. The van der Waals surface area contributed by atoms with Crippen LogP contribution in [0.15, 0.2) is 12.1 Å². The molecule has 0 saturated heterocycles. The Balaban J connectivity index is 2.14. The molecule has 2 rings (SSSR count). The average molecular weight is 284 g/mol. The number of fused-ring (bicyclic) bond motifs is 1. The van der Waals surface area contributed by atoms with E-state index in [1.165, 1.54) is 0 Å². The third kappa shape index (κ3) is 3.77. The van der Waals surface area contributed by atoms with Crippen LogP contribution in [-0.4, -0.2) is 19.1 Å². The lowest BCUT2D eigenvalue weighted by Gasteiger charge is -2.21. The Morgan fingerprint density at radius 1 is 1.26 bits per heavy atom. The maximum absolute atomic E-state index is 11.9. The summed E-state index contributed by atoms with van der Waals surface area (Å²) in [5.41, 5.74) is 0.491. The van der Waals surface area contributed by atoms with E-state index in [1.807, 2.05) is 20.8 Å². The van der Waals surface area contributed by atoms with Gasteiger partial charge in [0.15, 0.2) is 11.5 Å². The number of halogens is 1. The third-order valence-electron chi connectivity index (χ3n) is 2.60. The van der Waals surface area contributed by atoms with Crippen LogP contribution in [-0.2, 0) is 4.79 Å². The Morgan fingerprint density at radius 2 is 1.84 bits per heavy atom. The number of nitrogens with one attached hydrogen (secondary N) is 1. The minimum Gasteiger partial charge on any atom is -0.486 e. The highest BCUT2D eigenvalue weighted by Gasteiger charge is 2.19. The number of benzene rings is 1. The summed E-state index contributed by atoms with van der Waals surface area (Å²) in [5.74, 6) is 1.16. The van der Waals surface area contributed by atoms with Crippen LogP contribution in [0.1, 0.15) is 27.2 Å². The van der Waals surface area contributed by atoms with Crippen molar-refractivity contribution in [1.29, 1.82) is 0 Å². The molecule has 1 aromatic carbocycles. The fraction of sp³-hybridized carbons (Fsp3) is 0.500. The Hall–Kier alpha value is -1.42. The molecule has 0 spiro atoms. The molecule has 1 aliphatic heterocycles.